The van der Waals surface area contributed by atoms with Crippen molar-refractivity contribution in [2.75, 3.05) is 59.9 Å². The van der Waals surface area contributed by atoms with Crippen molar-refractivity contribution in [3.63, 3.8) is 0 Å². The van der Waals surface area contributed by atoms with Gasteiger partial charge in [-0.15, -0.1) is 0 Å². The Labute approximate surface area is 111 Å². The number of hydrogen-bond acceptors (Lipinski definition) is 4. The topological polar surface area (TPSA) is 26.8 Å². The smallest absolute Gasteiger partial charge is 0.149 e. The maximum absolute atomic E-state index is 12.3. The van der Waals surface area contributed by atoms with Crippen LogP contribution >= 0.6 is 0 Å². The Morgan fingerprint density at radius 2 is 1.61 bits per heavy atom. The van der Waals surface area contributed by atoms with Crippen LogP contribution in [-0.4, -0.2) is 80.4 Å². The summed E-state index contributed by atoms with van der Waals surface area (Å²) in [6, 6.07) is 0. The van der Waals surface area contributed by atoms with E-state index in [2.05, 4.69) is 28.8 Å². The largest absolute Gasteiger partial charge is 0.306 e. The fraction of sp³-hybridized carbons (Fsp3) is 0.929. The first-order valence-corrected chi connectivity index (χ1v) is 7.27. The van der Waals surface area contributed by atoms with Gasteiger partial charge < -0.3 is 9.80 Å². The molecule has 0 aromatic rings. The number of carbonyl (C=O) groups is 1. The normalized spacial score (nSPS) is 29.1. The fourth-order valence-corrected chi connectivity index (χ4v) is 2.92. The number of likely N-dealkylation sites (tertiary alicyclic amines) is 1. The molecule has 0 amide bonds. The molecule has 4 heteroatoms. The summed E-state index contributed by atoms with van der Waals surface area (Å²) >= 11 is 0. The van der Waals surface area contributed by atoms with Gasteiger partial charge in [-0.05, 0) is 46.4 Å². The fourth-order valence-electron chi connectivity index (χ4n) is 2.92. The van der Waals surface area contributed by atoms with Crippen molar-refractivity contribution in [2.24, 2.45) is 5.92 Å². The molecule has 0 radical (unpaired) electrons. The van der Waals surface area contributed by atoms with Crippen molar-refractivity contribution in [2.45, 2.75) is 19.3 Å². The van der Waals surface area contributed by atoms with Crippen LogP contribution in [0, 0.1) is 5.92 Å². The van der Waals surface area contributed by atoms with E-state index in [1.54, 1.807) is 0 Å². The summed E-state index contributed by atoms with van der Waals surface area (Å²) in [5.41, 5.74) is 0. The van der Waals surface area contributed by atoms with Gasteiger partial charge in [-0.2, -0.15) is 0 Å². The minimum atomic E-state index is 0.314. The van der Waals surface area contributed by atoms with Crippen molar-refractivity contribution in [1.82, 2.24) is 14.7 Å². The number of ketones is 1. The van der Waals surface area contributed by atoms with Gasteiger partial charge in [0, 0.05) is 32.1 Å². The third-order valence-electron chi connectivity index (χ3n) is 4.38. The van der Waals surface area contributed by atoms with Crippen molar-refractivity contribution >= 4 is 5.78 Å². The lowest BCUT2D eigenvalue weighted by Gasteiger charge is -2.32. The molecule has 2 saturated heterocycles. The van der Waals surface area contributed by atoms with Crippen LogP contribution in [0.5, 0.6) is 0 Å². The van der Waals surface area contributed by atoms with E-state index in [-0.39, 0.29) is 0 Å². The predicted octanol–water partition coefficient (Wildman–Crippen LogP) is 0.535. The molecule has 2 aliphatic rings. The minimum Gasteiger partial charge on any atom is -0.306 e. The molecule has 0 aromatic heterocycles. The zero-order valence-corrected chi connectivity index (χ0v) is 11.9. The molecule has 0 N–H and O–H groups in total. The highest BCUT2D eigenvalue weighted by Gasteiger charge is 2.24. The van der Waals surface area contributed by atoms with E-state index in [9.17, 15) is 4.79 Å². The highest BCUT2D eigenvalue weighted by molar-refractivity contribution is 5.83. The third-order valence-corrected chi connectivity index (χ3v) is 4.38. The van der Waals surface area contributed by atoms with Crippen molar-refractivity contribution in [1.29, 1.82) is 0 Å². The first-order valence-electron chi connectivity index (χ1n) is 7.27. The average molecular weight is 253 g/mol. The Kier molecular flexibility index (Phi) is 5.15. The van der Waals surface area contributed by atoms with Gasteiger partial charge in [-0.1, -0.05) is 0 Å². The van der Waals surface area contributed by atoms with Crippen LogP contribution in [0.1, 0.15) is 19.3 Å². The van der Waals surface area contributed by atoms with Crippen molar-refractivity contribution in [3.8, 4) is 0 Å². The van der Waals surface area contributed by atoms with Crippen LogP contribution < -0.4 is 0 Å². The van der Waals surface area contributed by atoms with Gasteiger partial charge in [0.25, 0.3) is 0 Å². The molecular weight excluding hydrogens is 226 g/mol. The monoisotopic (exact) mass is 253 g/mol. The van der Waals surface area contributed by atoms with Gasteiger partial charge >= 0.3 is 0 Å². The van der Waals surface area contributed by atoms with E-state index in [0.717, 1.165) is 52.1 Å². The molecule has 1 atom stereocenters. The zero-order valence-electron chi connectivity index (χ0n) is 11.9. The van der Waals surface area contributed by atoms with Gasteiger partial charge in [0.1, 0.15) is 5.78 Å². The molecule has 2 fully saturated rings. The molecule has 2 rings (SSSR count). The second-order valence-corrected chi connectivity index (χ2v) is 5.98. The molecular formula is C14H27N3O. The molecule has 2 aliphatic heterocycles. The third kappa shape index (κ3) is 4.04. The van der Waals surface area contributed by atoms with E-state index in [1.807, 2.05) is 0 Å². The molecule has 2 heterocycles. The number of piperazine rings is 1. The molecule has 0 aliphatic carbocycles. The molecule has 4 nitrogen and oxygen atoms in total. The van der Waals surface area contributed by atoms with E-state index in [1.165, 1.54) is 6.42 Å². The second kappa shape index (κ2) is 6.64. The summed E-state index contributed by atoms with van der Waals surface area (Å²) in [5.74, 6) is 0.796. The van der Waals surface area contributed by atoms with Gasteiger partial charge in [0.05, 0.1) is 6.54 Å². The van der Waals surface area contributed by atoms with Crippen molar-refractivity contribution in [3.05, 3.63) is 0 Å². The molecule has 0 bridgehead atoms. The molecule has 1 unspecified atom stereocenters. The maximum Gasteiger partial charge on any atom is 0.149 e. The lowest BCUT2D eigenvalue weighted by atomic mass is 9.95. The van der Waals surface area contributed by atoms with Crippen LogP contribution in [0.25, 0.3) is 0 Å². The van der Waals surface area contributed by atoms with Crippen LogP contribution in [-0.2, 0) is 4.79 Å². The van der Waals surface area contributed by atoms with Crippen LogP contribution in [0.15, 0.2) is 0 Å². The quantitative estimate of drug-likeness (QED) is 0.733. The van der Waals surface area contributed by atoms with E-state index in [0.29, 0.717) is 18.2 Å². The second-order valence-electron chi connectivity index (χ2n) is 5.98. The summed E-state index contributed by atoms with van der Waals surface area (Å²) in [5, 5.41) is 0. The summed E-state index contributed by atoms with van der Waals surface area (Å²) in [6.07, 6.45) is 3.33. The summed E-state index contributed by atoms with van der Waals surface area (Å²) in [6.45, 7) is 7.21. The van der Waals surface area contributed by atoms with Crippen LogP contribution in [0.3, 0.4) is 0 Å². The van der Waals surface area contributed by atoms with E-state index in [4.69, 9.17) is 0 Å². The number of nitrogens with zero attached hydrogens (tertiary/aromatic N) is 3. The van der Waals surface area contributed by atoms with E-state index < -0.39 is 0 Å². The highest BCUT2D eigenvalue weighted by atomic mass is 16.1. The Morgan fingerprint density at radius 3 is 2.33 bits per heavy atom. The lowest BCUT2D eigenvalue weighted by molar-refractivity contribution is -0.124. The molecule has 104 valence electrons. The number of likely N-dealkylation sites (N-methyl/N-ethyl adjacent to an activating group) is 1. The SMILES string of the molecule is CN1CCCC(C(=O)CN2CCN(C)CC2)CC1. The highest BCUT2D eigenvalue weighted by Crippen LogP contribution is 2.18. The van der Waals surface area contributed by atoms with Crippen LogP contribution in [0.2, 0.25) is 0 Å². The average Bonchev–Trinajstić information content (AvgIpc) is 2.57. The van der Waals surface area contributed by atoms with Gasteiger partial charge in [-0.25, -0.2) is 0 Å². The maximum atomic E-state index is 12.3. The minimum absolute atomic E-state index is 0.314. The van der Waals surface area contributed by atoms with Gasteiger partial charge in [0.15, 0.2) is 0 Å². The summed E-state index contributed by atoms with van der Waals surface area (Å²) < 4.78 is 0. The van der Waals surface area contributed by atoms with E-state index >= 15 is 0 Å². The Bertz CT molecular complexity index is 274. The van der Waals surface area contributed by atoms with Crippen molar-refractivity contribution < 1.29 is 4.79 Å². The first-order chi connectivity index (χ1) is 8.65. The van der Waals surface area contributed by atoms with Crippen LogP contribution in [0.4, 0.5) is 0 Å². The standard InChI is InChI=1S/C14H27N3O/c1-15-6-3-4-13(5-7-15)14(18)12-17-10-8-16(2)9-11-17/h13H,3-12H2,1-2H3. The Balaban J connectivity index is 1.76. The van der Waals surface area contributed by atoms with Gasteiger partial charge in [0.2, 0.25) is 0 Å². The molecule has 18 heavy (non-hydrogen) atoms. The predicted molar refractivity (Wildman–Crippen MR) is 73.8 cm³/mol. The summed E-state index contributed by atoms with van der Waals surface area (Å²) in [4.78, 5) is 19.3. The molecule has 0 saturated carbocycles. The number of carbonyl (C=O) groups excluding carboxylic acids is 1. The summed E-state index contributed by atoms with van der Waals surface area (Å²) in [7, 11) is 4.31. The zero-order chi connectivity index (χ0) is 13.0. The lowest BCUT2D eigenvalue weighted by Crippen LogP contribution is -2.47. The molecule has 0 aromatic carbocycles. The number of hydrogen-bond donors (Lipinski definition) is 0. The Hall–Kier alpha value is -0.450. The Morgan fingerprint density at radius 1 is 0.944 bits per heavy atom. The first kappa shape index (κ1) is 14.0. The number of rotatable bonds is 3. The number of Topliss-reactive ketones (excluding diaryl/α,β-unsaturated/α-hetero) is 1. The van der Waals surface area contributed by atoms with Gasteiger partial charge in [-0.3, -0.25) is 9.69 Å². The molecule has 0 spiro atoms.